The third-order valence-corrected chi connectivity index (χ3v) is 6.30. The molecule has 0 aliphatic rings. The van der Waals surface area contributed by atoms with Crippen molar-refractivity contribution >= 4 is 21.6 Å². The molecule has 1 amide bonds. The molecule has 6 nitrogen and oxygen atoms in total. The molecular formula is C19H22F2N2O4S. The molecule has 0 fully saturated rings. The lowest BCUT2D eigenvalue weighted by atomic mass is 10.1. The zero-order valence-corrected chi connectivity index (χ0v) is 16.6. The van der Waals surface area contributed by atoms with Gasteiger partial charge in [-0.3, -0.25) is 4.79 Å². The average Bonchev–Trinajstić information content (AvgIpc) is 2.63. The van der Waals surface area contributed by atoms with Gasteiger partial charge in [0.15, 0.2) is 0 Å². The summed E-state index contributed by atoms with van der Waals surface area (Å²) < 4.78 is 55.5. The van der Waals surface area contributed by atoms with Crippen LogP contribution in [0.3, 0.4) is 0 Å². The Bertz CT molecular complexity index is 927. The van der Waals surface area contributed by atoms with E-state index in [1.165, 1.54) is 40.7 Å². The number of halogens is 2. The number of aryl methyl sites for hydroxylation is 1. The highest BCUT2D eigenvalue weighted by Gasteiger charge is 2.24. The number of carbonyl (C=O) groups is 1. The Morgan fingerprint density at radius 3 is 2.25 bits per heavy atom. The molecule has 1 N–H and O–H groups in total. The molecule has 0 radical (unpaired) electrons. The quantitative estimate of drug-likeness (QED) is 0.714. The van der Waals surface area contributed by atoms with E-state index in [9.17, 15) is 22.0 Å². The first kappa shape index (κ1) is 21.8. The molecule has 2 aromatic rings. The number of benzene rings is 2. The van der Waals surface area contributed by atoms with Gasteiger partial charge in [0.1, 0.15) is 5.75 Å². The van der Waals surface area contributed by atoms with Gasteiger partial charge in [-0.1, -0.05) is 19.9 Å². The van der Waals surface area contributed by atoms with E-state index in [2.05, 4.69) is 10.1 Å². The summed E-state index contributed by atoms with van der Waals surface area (Å²) in [5.74, 6) is -0.547. The van der Waals surface area contributed by atoms with Crippen molar-refractivity contribution in [1.29, 1.82) is 0 Å². The van der Waals surface area contributed by atoms with Crippen LogP contribution in [0.1, 0.15) is 29.8 Å². The molecule has 0 unspecified atom stereocenters. The lowest BCUT2D eigenvalue weighted by Crippen LogP contribution is -2.31. The van der Waals surface area contributed by atoms with Gasteiger partial charge in [-0.2, -0.15) is 13.1 Å². The third-order valence-electron chi connectivity index (χ3n) is 4.11. The molecule has 0 aromatic heterocycles. The van der Waals surface area contributed by atoms with Crippen molar-refractivity contribution in [3.05, 3.63) is 53.6 Å². The summed E-state index contributed by atoms with van der Waals surface area (Å²) in [5.41, 5.74) is 1.07. The number of nitrogens with zero attached hydrogens (tertiary/aromatic N) is 1. The number of ether oxygens (including phenoxy) is 1. The second-order valence-corrected chi connectivity index (χ2v) is 7.83. The molecule has 0 atom stereocenters. The van der Waals surface area contributed by atoms with Crippen LogP contribution in [0, 0.1) is 6.92 Å². The number of nitrogens with one attached hydrogen (secondary N) is 1. The van der Waals surface area contributed by atoms with Crippen molar-refractivity contribution in [3.63, 3.8) is 0 Å². The van der Waals surface area contributed by atoms with Crippen LogP contribution in [0.25, 0.3) is 0 Å². The lowest BCUT2D eigenvalue weighted by Gasteiger charge is -2.20. The van der Waals surface area contributed by atoms with E-state index in [0.29, 0.717) is 24.3 Å². The molecule has 0 bridgehead atoms. The number of anilines is 1. The fourth-order valence-corrected chi connectivity index (χ4v) is 4.35. The Balaban J connectivity index is 2.25. The van der Waals surface area contributed by atoms with Crippen LogP contribution in [0.2, 0.25) is 0 Å². The van der Waals surface area contributed by atoms with Gasteiger partial charge in [0.05, 0.1) is 4.90 Å². The molecule has 152 valence electrons. The van der Waals surface area contributed by atoms with Crippen molar-refractivity contribution in [2.75, 3.05) is 18.4 Å². The minimum Gasteiger partial charge on any atom is -0.435 e. The topological polar surface area (TPSA) is 75.7 Å². The first-order valence-corrected chi connectivity index (χ1v) is 10.1. The monoisotopic (exact) mass is 412 g/mol. The smallest absolute Gasteiger partial charge is 0.387 e. The Kier molecular flexibility index (Phi) is 7.09. The fraction of sp³-hybridized carbons (Fsp3) is 0.316. The zero-order valence-electron chi connectivity index (χ0n) is 15.8. The van der Waals surface area contributed by atoms with Crippen LogP contribution in [0.15, 0.2) is 47.4 Å². The van der Waals surface area contributed by atoms with Crippen molar-refractivity contribution in [2.24, 2.45) is 0 Å². The fourth-order valence-electron chi connectivity index (χ4n) is 2.64. The molecule has 2 rings (SSSR count). The number of sulfonamides is 1. The summed E-state index contributed by atoms with van der Waals surface area (Å²) in [6.45, 7) is 2.87. The SMILES string of the molecule is CCN(CC)S(=O)(=O)c1cc(C(=O)Nc2ccc(OC(F)F)cc2)ccc1C. The second-order valence-electron chi connectivity index (χ2n) is 5.93. The lowest BCUT2D eigenvalue weighted by molar-refractivity contribution is -0.0498. The minimum atomic E-state index is -3.71. The largest absolute Gasteiger partial charge is 0.435 e. The van der Waals surface area contributed by atoms with E-state index >= 15 is 0 Å². The zero-order chi connectivity index (χ0) is 20.9. The second kappa shape index (κ2) is 9.11. The first-order chi connectivity index (χ1) is 13.2. The van der Waals surface area contributed by atoms with Crippen LogP contribution < -0.4 is 10.1 Å². The third kappa shape index (κ3) is 5.05. The minimum absolute atomic E-state index is 0.0315. The molecule has 9 heteroatoms. The molecule has 0 saturated carbocycles. The van der Waals surface area contributed by atoms with Crippen molar-refractivity contribution < 1.29 is 26.7 Å². The maximum atomic E-state index is 12.8. The van der Waals surface area contributed by atoms with Gasteiger partial charge < -0.3 is 10.1 Å². The van der Waals surface area contributed by atoms with E-state index in [4.69, 9.17) is 0 Å². The predicted octanol–water partition coefficient (Wildman–Crippen LogP) is 3.88. The summed E-state index contributed by atoms with van der Waals surface area (Å²) in [6, 6.07) is 9.87. The predicted molar refractivity (Wildman–Crippen MR) is 102 cm³/mol. The van der Waals surface area contributed by atoms with E-state index < -0.39 is 22.5 Å². The van der Waals surface area contributed by atoms with Crippen LogP contribution >= 0.6 is 0 Å². The van der Waals surface area contributed by atoms with Gasteiger partial charge >= 0.3 is 6.61 Å². The Hall–Kier alpha value is -2.52. The van der Waals surface area contributed by atoms with E-state index in [0.717, 1.165) is 0 Å². The highest BCUT2D eigenvalue weighted by molar-refractivity contribution is 7.89. The number of hydrogen-bond acceptors (Lipinski definition) is 4. The van der Waals surface area contributed by atoms with Crippen molar-refractivity contribution in [1.82, 2.24) is 4.31 Å². The van der Waals surface area contributed by atoms with E-state index in [1.807, 2.05) is 0 Å². The van der Waals surface area contributed by atoms with E-state index in [-0.39, 0.29) is 16.2 Å². The Labute approximate surface area is 163 Å². The number of alkyl halides is 2. The van der Waals surface area contributed by atoms with Gasteiger partial charge in [0.2, 0.25) is 10.0 Å². The number of rotatable bonds is 8. The molecule has 0 aliphatic heterocycles. The summed E-state index contributed by atoms with van der Waals surface area (Å²) in [6.07, 6.45) is 0. The summed E-state index contributed by atoms with van der Waals surface area (Å²) >= 11 is 0. The van der Waals surface area contributed by atoms with Crippen LogP contribution in [-0.4, -0.2) is 38.3 Å². The molecule has 0 heterocycles. The summed E-state index contributed by atoms with van der Waals surface area (Å²) in [4.78, 5) is 12.6. The van der Waals surface area contributed by atoms with E-state index in [1.54, 1.807) is 26.8 Å². The molecule has 0 spiro atoms. The van der Waals surface area contributed by atoms with Crippen molar-refractivity contribution in [2.45, 2.75) is 32.3 Å². The Morgan fingerprint density at radius 1 is 1.11 bits per heavy atom. The molecular weight excluding hydrogens is 390 g/mol. The maximum Gasteiger partial charge on any atom is 0.387 e. The van der Waals surface area contributed by atoms with Gasteiger partial charge in [-0.15, -0.1) is 0 Å². The molecule has 0 aliphatic carbocycles. The van der Waals surface area contributed by atoms with Gasteiger partial charge in [-0.05, 0) is 48.9 Å². The number of carbonyl (C=O) groups excluding carboxylic acids is 1. The summed E-state index contributed by atoms with van der Waals surface area (Å²) in [7, 11) is -3.71. The molecule has 28 heavy (non-hydrogen) atoms. The number of amides is 1. The molecule has 0 saturated heterocycles. The van der Waals surface area contributed by atoms with Crippen LogP contribution in [0.5, 0.6) is 5.75 Å². The first-order valence-electron chi connectivity index (χ1n) is 8.66. The number of hydrogen-bond donors (Lipinski definition) is 1. The average molecular weight is 412 g/mol. The molecule has 2 aromatic carbocycles. The highest BCUT2D eigenvalue weighted by atomic mass is 32.2. The van der Waals surface area contributed by atoms with Gasteiger partial charge in [-0.25, -0.2) is 8.42 Å². The van der Waals surface area contributed by atoms with Crippen LogP contribution in [0.4, 0.5) is 14.5 Å². The van der Waals surface area contributed by atoms with Gasteiger partial charge in [0, 0.05) is 24.3 Å². The summed E-state index contributed by atoms with van der Waals surface area (Å²) in [5, 5.41) is 2.60. The van der Waals surface area contributed by atoms with Crippen LogP contribution in [-0.2, 0) is 10.0 Å². The normalized spacial score (nSPS) is 11.7. The Morgan fingerprint density at radius 2 is 1.71 bits per heavy atom. The van der Waals surface area contributed by atoms with Crippen molar-refractivity contribution in [3.8, 4) is 5.75 Å². The standard InChI is InChI=1S/C19H22F2N2O4S/c1-4-23(5-2)28(25,26)17-12-14(7-6-13(17)3)18(24)22-15-8-10-16(11-9-15)27-19(20)21/h6-12,19H,4-5H2,1-3H3,(H,22,24). The van der Waals surface area contributed by atoms with Gasteiger partial charge in [0.25, 0.3) is 5.91 Å². The highest BCUT2D eigenvalue weighted by Crippen LogP contribution is 2.23. The maximum absolute atomic E-state index is 12.8.